The zero-order valence-corrected chi connectivity index (χ0v) is 11.1. The van der Waals surface area contributed by atoms with Crippen LogP contribution in [0.2, 0.25) is 5.02 Å². The van der Waals surface area contributed by atoms with Crippen molar-refractivity contribution in [1.29, 1.82) is 0 Å². The Morgan fingerprint density at radius 2 is 1.83 bits per heavy atom. The van der Waals surface area contributed by atoms with Gasteiger partial charge in [0.05, 0.1) is 6.10 Å². The lowest BCUT2D eigenvalue weighted by molar-refractivity contribution is 0.195. The summed E-state index contributed by atoms with van der Waals surface area (Å²) in [6, 6.07) is 12.9. The lowest BCUT2D eigenvalue weighted by Crippen LogP contribution is -1.96. The van der Waals surface area contributed by atoms with Crippen LogP contribution in [0.25, 0.3) is 0 Å². The molecule has 2 aromatic rings. The van der Waals surface area contributed by atoms with Crippen molar-refractivity contribution in [3.8, 4) is 11.5 Å². The maximum Gasteiger partial charge on any atom is 0.133 e. The van der Waals surface area contributed by atoms with Crippen molar-refractivity contribution < 1.29 is 9.84 Å². The van der Waals surface area contributed by atoms with E-state index in [0.29, 0.717) is 16.5 Å². The molecule has 0 aliphatic carbocycles. The molecule has 1 N–H and O–H groups in total. The molecule has 0 bridgehead atoms. The first-order valence-electron chi connectivity index (χ1n) is 5.79. The Hall–Kier alpha value is -1.51. The molecule has 3 heteroatoms. The van der Waals surface area contributed by atoms with Crippen LogP contribution < -0.4 is 4.74 Å². The Labute approximate surface area is 112 Å². The highest BCUT2D eigenvalue weighted by Gasteiger charge is 2.10. The number of aryl methyl sites for hydroxylation is 1. The second kappa shape index (κ2) is 5.42. The fraction of sp³-hybridized carbons (Fsp3) is 0.200. The SMILES string of the molecule is Cc1ccc(Cl)cc1Oc1ccccc1[C@H](C)O. The second-order valence-electron chi connectivity index (χ2n) is 4.23. The fourth-order valence-electron chi connectivity index (χ4n) is 1.72. The van der Waals surface area contributed by atoms with Crippen molar-refractivity contribution in [2.75, 3.05) is 0 Å². The number of rotatable bonds is 3. The molecule has 1 atom stereocenters. The van der Waals surface area contributed by atoms with E-state index in [0.717, 1.165) is 11.1 Å². The minimum atomic E-state index is -0.569. The number of aliphatic hydroxyl groups is 1. The van der Waals surface area contributed by atoms with Crippen LogP contribution in [0.3, 0.4) is 0 Å². The summed E-state index contributed by atoms with van der Waals surface area (Å²) >= 11 is 5.96. The fourth-order valence-corrected chi connectivity index (χ4v) is 1.88. The summed E-state index contributed by atoms with van der Waals surface area (Å²) < 4.78 is 5.84. The first-order valence-corrected chi connectivity index (χ1v) is 6.16. The van der Waals surface area contributed by atoms with E-state index in [-0.39, 0.29) is 0 Å². The quantitative estimate of drug-likeness (QED) is 0.883. The molecular formula is C15H15ClO2. The number of hydrogen-bond acceptors (Lipinski definition) is 2. The van der Waals surface area contributed by atoms with E-state index in [1.807, 2.05) is 43.3 Å². The van der Waals surface area contributed by atoms with Gasteiger partial charge in [0.1, 0.15) is 11.5 Å². The van der Waals surface area contributed by atoms with E-state index in [1.165, 1.54) is 0 Å². The highest BCUT2D eigenvalue weighted by molar-refractivity contribution is 6.30. The van der Waals surface area contributed by atoms with Crippen LogP contribution in [-0.2, 0) is 0 Å². The smallest absolute Gasteiger partial charge is 0.133 e. The summed E-state index contributed by atoms with van der Waals surface area (Å²) in [6.45, 7) is 3.67. The van der Waals surface area contributed by atoms with Gasteiger partial charge >= 0.3 is 0 Å². The zero-order chi connectivity index (χ0) is 13.1. The first kappa shape index (κ1) is 12.9. The third-order valence-electron chi connectivity index (χ3n) is 2.74. The van der Waals surface area contributed by atoms with Crippen molar-refractivity contribution in [3.05, 3.63) is 58.6 Å². The van der Waals surface area contributed by atoms with Crippen LogP contribution in [-0.4, -0.2) is 5.11 Å². The Balaban J connectivity index is 2.37. The van der Waals surface area contributed by atoms with Crippen LogP contribution in [0, 0.1) is 6.92 Å². The average molecular weight is 263 g/mol. The normalized spacial score (nSPS) is 12.2. The summed E-state index contributed by atoms with van der Waals surface area (Å²) in [5.74, 6) is 1.36. The molecule has 2 aromatic carbocycles. The molecule has 94 valence electrons. The minimum Gasteiger partial charge on any atom is -0.457 e. The number of aliphatic hydroxyl groups excluding tert-OH is 1. The van der Waals surface area contributed by atoms with Crippen LogP contribution in [0.5, 0.6) is 11.5 Å². The zero-order valence-electron chi connectivity index (χ0n) is 10.4. The predicted octanol–water partition coefficient (Wildman–Crippen LogP) is 4.49. The topological polar surface area (TPSA) is 29.5 Å². The molecule has 0 amide bonds. The molecule has 0 aliphatic rings. The molecule has 0 aliphatic heterocycles. The Morgan fingerprint density at radius 1 is 1.11 bits per heavy atom. The van der Waals surface area contributed by atoms with Crippen LogP contribution >= 0.6 is 11.6 Å². The third kappa shape index (κ3) is 2.84. The number of para-hydroxylation sites is 1. The molecule has 0 unspecified atom stereocenters. The Bertz CT molecular complexity index is 550. The standard InChI is InChI=1S/C15H15ClO2/c1-10-7-8-12(16)9-15(10)18-14-6-4-3-5-13(14)11(2)17/h3-9,11,17H,1-2H3/t11-/m0/s1. The van der Waals surface area contributed by atoms with Gasteiger partial charge in [-0.3, -0.25) is 0 Å². The van der Waals surface area contributed by atoms with Crippen molar-refractivity contribution in [3.63, 3.8) is 0 Å². The van der Waals surface area contributed by atoms with Gasteiger partial charge in [-0.1, -0.05) is 35.9 Å². The van der Waals surface area contributed by atoms with E-state index in [4.69, 9.17) is 16.3 Å². The Morgan fingerprint density at radius 3 is 2.56 bits per heavy atom. The maximum atomic E-state index is 9.70. The third-order valence-corrected chi connectivity index (χ3v) is 2.97. The maximum absolute atomic E-state index is 9.70. The molecule has 2 rings (SSSR count). The van der Waals surface area contributed by atoms with Crippen LogP contribution in [0.1, 0.15) is 24.2 Å². The summed E-state index contributed by atoms with van der Waals surface area (Å²) in [6.07, 6.45) is -0.569. The molecule has 0 saturated carbocycles. The van der Waals surface area contributed by atoms with Gasteiger partial charge < -0.3 is 9.84 Å². The highest BCUT2D eigenvalue weighted by Crippen LogP contribution is 2.32. The van der Waals surface area contributed by atoms with Gasteiger partial charge in [0, 0.05) is 10.6 Å². The molecule has 2 nitrogen and oxygen atoms in total. The van der Waals surface area contributed by atoms with Gasteiger partial charge in [-0.05, 0) is 37.6 Å². The molecular weight excluding hydrogens is 248 g/mol. The largest absolute Gasteiger partial charge is 0.457 e. The summed E-state index contributed by atoms with van der Waals surface area (Å²) in [5.41, 5.74) is 1.76. The molecule has 0 fully saturated rings. The molecule has 0 spiro atoms. The van der Waals surface area contributed by atoms with Gasteiger partial charge in [-0.15, -0.1) is 0 Å². The van der Waals surface area contributed by atoms with Gasteiger partial charge in [0.15, 0.2) is 0 Å². The van der Waals surface area contributed by atoms with E-state index >= 15 is 0 Å². The number of hydrogen-bond donors (Lipinski definition) is 1. The average Bonchev–Trinajstić information content (AvgIpc) is 2.34. The Kier molecular flexibility index (Phi) is 3.90. The summed E-state index contributed by atoms with van der Waals surface area (Å²) in [4.78, 5) is 0. The number of ether oxygens (including phenoxy) is 1. The van der Waals surface area contributed by atoms with Gasteiger partial charge in [0.2, 0.25) is 0 Å². The number of halogens is 1. The lowest BCUT2D eigenvalue weighted by Gasteiger charge is -2.14. The lowest BCUT2D eigenvalue weighted by atomic mass is 10.1. The van der Waals surface area contributed by atoms with Gasteiger partial charge in [-0.25, -0.2) is 0 Å². The first-order chi connectivity index (χ1) is 8.58. The monoisotopic (exact) mass is 262 g/mol. The van der Waals surface area contributed by atoms with Crippen LogP contribution in [0.4, 0.5) is 0 Å². The molecule has 0 saturated heterocycles. The predicted molar refractivity (Wildman–Crippen MR) is 73.3 cm³/mol. The highest BCUT2D eigenvalue weighted by atomic mass is 35.5. The van der Waals surface area contributed by atoms with Crippen molar-refractivity contribution in [2.45, 2.75) is 20.0 Å². The van der Waals surface area contributed by atoms with Gasteiger partial charge in [0.25, 0.3) is 0 Å². The molecule has 0 heterocycles. The van der Waals surface area contributed by atoms with Crippen molar-refractivity contribution in [1.82, 2.24) is 0 Å². The van der Waals surface area contributed by atoms with Crippen molar-refractivity contribution in [2.24, 2.45) is 0 Å². The van der Waals surface area contributed by atoms with E-state index < -0.39 is 6.10 Å². The number of benzene rings is 2. The molecule has 0 radical (unpaired) electrons. The summed E-state index contributed by atoms with van der Waals surface area (Å²) in [7, 11) is 0. The van der Waals surface area contributed by atoms with E-state index in [9.17, 15) is 5.11 Å². The molecule has 0 aromatic heterocycles. The van der Waals surface area contributed by atoms with Crippen molar-refractivity contribution >= 4 is 11.6 Å². The summed E-state index contributed by atoms with van der Waals surface area (Å²) in [5, 5.41) is 10.3. The van der Waals surface area contributed by atoms with Gasteiger partial charge in [-0.2, -0.15) is 0 Å². The minimum absolute atomic E-state index is 0.569. The second-order valence-corrected chi connectivity index (χ2v) is 4.66. The molecule has 18 heavy (non-hydrogen) atoms. The van der Waals surface area contributed by atoms with Crippen LogP contribution in [0.15, 0.2) is 42.5 Å². The van der Waals surface area contributed by atoms with E-state index in [2.05, 4.69) is 0 Å². The van der Waals surface area contributed by atoms with E-state index in [1.54, 1.807) is 13.0 Å².